The van der Waals surface area contributed by atoms with E-state index in [0.29, 0.717) is 25.3 Å². The maximum absolute atomic E-state index is 11.9. The lowest BCUT2D eigenvalue weighted by atomic mass is 10.0. The van der Waals surface area contributed by atoms with Crippen LogP contribution in [0.5, 0.6) is 11.5 Å². The van der Waals surface area contributed by atoms with Gasteiger partial charge in [-0.25, -0.2) is 4.79 Å². The van der Waals surface area contributed by atoms with Gasteiger partial charge in [-0.3, -0.25) is 0 Å². The first-order chi connectivity index (χ1) is 12.6. The Morgan fingerprint density at radius 3 is 2.77 bits per heavy atom. The van der Waals surface area contributed by atoms with Crippen LogP contribution in [0.4, 0.5) is 0 Å². The standard InChI is InChI=1S/C21H21NO4/c1-13-7-8-17-15(9-20(23)26-21(17)14(13)2)10-22-11-16-12-24-18-5-3-4-6-19(18)25-16/h3-9,16,22H,10-12H2,1-2H3/t16-/m0/s1. The van der Waals surface area contributed by atoms with Crippen molar-refractivity contribution in [1.29, 1.82) is 0 Å². The van der Waals surface area contributed by atoms with Crippen LogP contribution in [0.2, 0.25) is 0 Å². The minimum absolute atomic E-state index is 0.0692. The molecule has 0 radical (unpaired) electrons. The Balaban J connectivity index is 1.47. The summed E-state index contributed by atoms with van der Waals surface area (Å²) in [6.45, 7) is 5.67. The van der Waals surface area contributed by atoms with Gasteiger partial charge in [0.2, 0.25) is 0 Å². The Hall–Kier alpha value is -2.79. The number of rotatable bonds is 4. The second kappa shape index (κ2) is 6.84. The lowest BCUT2D eigenvalue weighted by Gasteiger charge is -2.26. The van der Waals surface area contributed by atoms with Crippen LogP contribution in [0.3, 0.4) is 0 Å². The molecule has 1 atom stereocenters. The van der Waals surface area contributed by atoms with Crippen molar-refractivity contribution in [1.82, 2.24) is 5.32 Å². The molecule has 0 amide bonds. The van der Waals surface area contributed by atoms with E-state index in [0.717, 1.165) is 33.6 Å². The maximum atomic E-state index is 11.9. The summed E-state index contributed by atoms with van der Waals surface area (Å²) in [5.74, 6) is 1.55. The minimum Gasteiger partial charge on any atom is -0.486 e. The number of aryl methyl sites for hydroxylation is 2. The molecule has 26 heavy (non-hydrogen) atoms. The van der Waals surface area contributed by atoms with Gasteiger partial charge in [0.25, 0.3) is 0 Å². The second-order valence-electron chi connectivity index (χ2n) is 6.60. The van der Waals surface area contributed by atoms with E-state index in [-0.39, 0.29) is 11.7 Å². The summed E-state index contributed by atoms with van der Waals surface area (Å²) in [7, 11) is 0. The van der Waals surface area contributed by atoms with Gasteiger partial charge in [-0.1, -0.05) is 24.3 Å². The van der Waals surface area contributed by atoms with Gasteiger partial charge in [0.05, 0.1) is 0 Å². The van der Waals surface area contributed by atoms with Crippen molar-refractivity contribution in [3.05, 3.63) is 69.6 Å². The molecule has 134 valence electrons. The fourth-order valence-electron chi connectivity index (χ4n) is 3.20. The highest BCUT2D eigenvalue weighted by atomic mass is 16.6. The van der Waals surface area contributed by atoms with E-state index in [1.54, 1.807) is 6.07 Å². The molecular weight excluding hydrogens is 330 g/mol. The number of benzene rings is 2. The van der Waals surface area contributed by atoms with E-state index >= 15 is 0 Å². The molecule has 5 heteroatoms. The van der Waals surface area contributed by atoms with E-state index in [4.69, 9.17) is 13.9 Å². The van der Waals surface area contributed by atoms with Crippen molar-refractivity contribution in [2.24, 2.45) is 0 Å². The highest BCUT2D eigenvalue weighted by Crippen LogP contribution is 2.30. The Bertz CT molecular complexity index is 1010. The molecule has 0 fully saturated rings. The van der Waals surface area contributed by atoms with E-state index in [9.17, 15) is 4.79 Å². The van der Waals surface area contributed by atoms with Gasteiger partial charge in [0.15, 0.2) is 11.5 Å². The summed E-state index contributed by atoms with van der Waals surface area (Å²) in [5.41, 5.74) is 3.38. The highest BCUT2D eigenvalue weighted by Gasteiger charge is 2.20. The van der Waals surface area contributed by atoms with E-state index in [1.807, 2.05) is 44.2 Å². The summed E-state index contributed by atoms with van der Waals surface area (Å²) in [6.07, 6.45) is -0.0692. The fourth-order valence-corrected chi connectivity index (χ4v) is 3.20. The van der Waals surface area contributed by atoms with Gasteiger partial charge in [0.1, 0.15) is 18.3 Å². The van der Waals surface area contributed by atoms with Gasteiger partial charge < -0.3 is 19.2 Å². The van der Waals surface area contributed by atoms with Crippen molar-refractivity contribution < 1.29 is 13.9 Å². The summed E-state index contributed by atoms with van der Waals surface area (Å²) >= 11 is 0. The molecule has 0 saturated carbocycles. The van der Waals surface area contributed by atoms with Crippen LogP contribution in [-0.2, 0) is 6.54 Å². The Morgan fingerprint density at radius 2 is 1.92 bits per heavy atom. The zero-order chi connectivity index (χ0) is 18.1. The average Bonchev–Trinajstić information content (AvgIpc) is 2.65. The normalized spacial score (nSPS) is 16.0. The molecule has 1 N–H and O–H groups in total. The van der Waals surface area contributed by atoms with Crippen LogP contribution >= 0.6 is 0 Å². The summed E-state index contributed by atoms with van der Waals surface area (Å²) in [6, 6.07) is 13.3. The predicted molar refractivity (Wildman–Crippen MR) is 100 cm³/mol. The third kappa shape index (κ3) is 3.18. The molecule has 0 unspecified atom stereocenters. The molecule has 1 aliphatic heterocycles. The molecule has 0 saturated heterocycles. The van der Waals surface area contributed by atoms with Crippen LogP contribution in [0.15, 0.2) is 51.7 Å². The predicted octanol–water partition coefficient (Wildman–Crippen LogP) is 3.34. The Kier molecular flexibility index (Phi) is 4.39. The van der Waals surface area contributed by atoms with Crippen molar-refractivity contribution in [3.63, 3.8) is 0 Å². The zero-order valence-electron chi connectivity index (χ0n) is 14.9. The Morgan fingerprint density at radius 1 is 1.12 bits per heavy atom. The highest BCUT2D eigenvalue weighted by molar-refractivity contribution is 5.83. The molecular formula is C21H21NO4. The molecule has 2 heterocycles. The third-order valence-corrected chi connectivity index (χ3v) is 4.77. The molecule has 0 bridgehead atoms. The maximum Gasteiger partial charge on any atom is 0.336 e. The largest absolute Gasteiger partial charge is 0.486 e. The summed E-state index contributed by atoms with van der Waals surface area (Å²) in [4.78, 5) is 11.9. The van der Waals surface area contributed by atoms with Crippen LogP contribution < -0.4 is 20.4 Å². The average molecular weight is 351 g/mol. The Labute approximate surface area is 151 Å². The van der Waals surface area contributed by atoms with Gasteiger partial charge in [-0.2, -0.15) is 0 Å². The van der Waals surface area contributed by atoms with E-state index in [1.165, 1.54) is 0 Å². The molecule has 5 nitrogen and oxygen atoms in total. The van der Waals surface area contributed by atoms with E-state index in [2.05, 4.69) is 11.4 Å². The monoisotopic (exact) mass is 351 g/mol. The van der Waals surface area contributed by atoms with E-state index < -0.39 is 0 Å². The molecule has 4 rings (SSSR count). The lowest BCUT2D eigenvalue weighted by molar-refractivity contribution is 0.0902. The van der Waals surface area contributed by atoms with Gasteiger partial charge in [-0.15, -0.1) is 0 Å². The zero-order valence-corrected chi connectivity index (χ0v) is 14.9. The number of hydrogen-bond acceptors (Lipinski definition) is 5. The van der Waals surface area contributed by atoms with Crippen LogP contribution in [0.25, 0.3) is 11.0 Å². The first-order valence-corrected chi connectivity index (χ1v) is 8.74. The quantitative estimate of drug-likeness (QED) is 0.731. The number of hydrogen-bond donors (Lipinski definition) is 1. The molecule has 0 spiro atoms. The third-order valence-electron chi connectivity index (χ3n) is 4.77. The number of para-hydroxylation sites is 2. The molecule has 1 aliphatic rings. The molecule has 1 aromatic heterocycles. The number of ether oxygens (including phenoxy) is 2. The first-order valence-electron chi connectivity index (χ1n) is 8.74. The van der Waals surface area contributed by atoms with Crippen molar-refractivity contribution in [2.75, 3.05) is 13.2 Å². The van der Waals surface area contributed by atoms with Crippen LogP contribution in [0, 0.1) is 13.8 Å². The topological polar surface area (TPSA) is 60.7 Å². The van der Waals surface area contributed by atoms with Gasteiger partial charge in [-0.05, 0) is 42.7 Å². The minimum atomic E-state index is -0.325. The van der Waals surface area contributed by atoms with Crippen LogP contribution in [0.1, 0.15) is 16.7 Å². The lowest BCUT2D eigenvalue weighted by Crippen LogP contribution is -2.38. The van der Waals surface area contributed by atoms with Crippen molar-refractivity contribution in [2.45, 2.75) is 26.5 Å². The van der Waals surface area contributed by atoms with Crippen molar-refractivity contribution in [3.8, 4) is 11.5 Å². The molecule has 0 aliphatic carbocycles. The summed E-state index contributed by atoms with van der Waals surface area (Å²) < 4.78 is 17.1. The molecule has 2 aromatic carbocycles. The fraction of sp³-hybridized carbons (Fsp3) is 0.286. The van der Waals surface area contributed by atoms with Crippen LogP contribution in [-0.4, -0.2) is 19.3 Å². The number of nitrogens with one attached hydrogen (secondary N) is 1. The summed E-state index contributed by atoms with van der Waals surface area (Å²) in [5, 5.41) is 4.33. The number of fused-ring (bicyclic) bond motifs is 2. The smallest absolute Gasteiger partial charge is 0.336 e. The van der Waals surface area contributed by atoms with Gasteiger partial charge in [0, 0.05) is 24.5 Å². The van der Waals surface area contributed by atoms with Crippen molar-refractivity contribution >= 4 is 11.0 Å². The van der Waals surface area contributed by atoms with Gasteiger partial charge >= 0.3 is 5.63 Å². The second-order valence-corrected chi connectivity index (χ2v) is 6.60. The first kappa shape index (κ1) is 16.7. The molecule has 3 aromatic rings. The SMILES string of the molecule is Cc1ccc2c(CNC[C@H]3COc4ccccc4O3)cc(=O)oc2c1C.